The molecule has 0 unspecified atom stereocenters. The lowest BCUT2D eigenvalue weighted by atomic mass is 9.88. The van der Waals surface area contributed by atoms with E-state index in [4.69, 9.17) is 0 Å². The van der Waals surface area contributed by atoms with Crippen LogP contribution in [0.1, 0.15) is 42.5 Å². The first-order valence-electron chi connectivity index (χ1n) is 10.1. The van der Waals surface area contributed by atoms with Crippen molar-refractivity contribution in [2.75, 3.05) is 18.9 Å². The van der Waals surface area contributed by atoms with Crippen molar-refractivity contribution in [1.82, 2.24) is 10.6 Å². The quantitative estimate of drug-likeness (QED) is 0.484. The normalized spacial score (nSPS) is 15.2. The van der Waals surface area contributed by atoms with Gasteiger partial charge >= 0.3 is 0 Å². The van der Waals surface area contributed by atoms with Gasteiger partial charge in [0.05, 0.1) is 0 Å². The predicted octanol–water partition coefficient (Wildman–Crippen LogP) is 4.17. The van der Waals surface area contributed by atoms with Gasteiger partial charge in [-0.15, -0.1) is 11.3 Å². The molecule has 1 aliphatic carbocycles. The zero-order chi connectivity index (χ0) is 19.6. The maximum Gasteiger partial charge on any atom is 0.227 e. The minimum absolute atomic E-state index is 0.163. The summed E-state index contributed by atoms with van der Waals surface area (Å²) in [7, 11) is 1.78. The van der Waals surface area contributed by atoms with E-state index >= 15 is 0 Å². The van der Waals surface area contributed by atoms with E-state index < -0.39 is 0 Å². The molecule has 3 rings (SSSR count). The van der Waals surface area contributed by atoms with Crippen LogP contribution in [-0.2, 0) is 17.8 Å². The number of hydrogen-bond acceptors (Lipinski definition) is 3. The Balaban J connectivity index is 1.45. The summed E-state index contributed by atoms with van der Waals surface area (Å²) in [6.45, 7) is 1.50. The Morgan fingerprint density at radius 2 is 2.00 bits per heavy atom. The number of aliphatic imine (C=N–C) groups is 1. The van der Waals surface area contributed by atoms with Crippen molar-refractivity contribution in [1.29, 1.82) is 0 Å². The lowest BCUT2D eigenvalue weighted by Gasteiger charge is -2.21. The van der Waals surface area contributed by atoms with Gasteiger partial charge in [0, 0.05) is 36.6 Å². The topological polar surface area (TPSA) is 65.5 Å². The largest absolute Gasteiger partial charge is 0.356 e. The molecule has 3 N–H and O–H groups in total. The van der Waals surface area contributed by atoms with Crippen LogP contribution in [0.25, 0.3) is 0 Å². The van der Waals surface area contributed by atoms with Crippen LogP contribution >= 0.6 is 11.3 Å². The highest BCUT2D eigenvalue weighted by atomic mass is 32.1. The third-order valence-electron chi connectivity index (χ3n) is 5.10. The van der Waals surface area contributed by atoms with Crippen molar-refractivity contribution in [3.63, 3.8) is 0 Å². The highest BCUT2D eigenvalue weighted by molar-refractivity contribution is 7.09. The summed E-state index contributed by atoms with van der Waals surface area (Å²) in [5, 5.41) is 11.9. The average Bonchev–Trinajstić information content (AvgIpc) is 3.25. The molecule has 1 aromatic heterocycles. The van der Waals surface area contributed by atoms with Gasteiger partial charge in [0.2, 0.25) is 5.91 Å². The van der Waals surface area contributed by atoms with Gasteiger partial charge in [0.1, 0.15) is 0 Å². The molecular weight excluding hydrogens is 368 g/mol. The average molecular weight is 399 g/mol. The Labute approximate surface area is 171 Å². The molecule has 0 bridgehead atoms. The molecule has 1 heterocycles. The van der Waals surface area contributed by atoms with E-state index in [2.05, 4.69) is 44.5 Å². The standard InChI is InChI=1S/C22H30N4OS/c1-23-22(24-13-12-20-11-6-14-28-20)25-16-17-7-5-10-19(15-17)26-21(27)18-8-3-2-4-9-18/h5-7,10-11,14-15,18H,2-4,8-9,12-13,16H2,1H3,(H,26,27)(H2,23,24,25). The van der Waals surface area contributed by atoms with Gasteiger partial charge in [0.15, 0.2) is 5.96 Å². The first-order valence-corrected chi connectivity index (χ1v) is 11.0. The van der Waals surface area contributed by atoms with Crippen molar-refractivity contribution in [2.45, 2.75) is 45.1 Å². The van der Waals surface area contributed by atoms with Crippen molar-refractivity contribution < 1.29 is 4.79 Å². The van der Waals surface area contributed by atoms with Gasteiger partial charge in [-0.05, 0) is 48.4 Å². The fraction of sp³-hybridized carbons (Fsp3) is 0.455. The van der Waals surface area contributed by atoms with Crippen molar-refractivity contribution >= 4 is 28.9 Å². The summed E-state index contributed by atoms with van der Waals surface area (Å²) in [4.78, 5) is 18.1. The molecule has 0 atom stereocenters. The third-order valence-corrected chi connectivity index (χ3v) is 6.03. The Hall–Kier alpha value is -2.34. The van der Waals surface area contributed by atoms with E-state index in [0.29, 0.717) is 6.54 Å². The summed E-state index contributed by atoms with van der Waals surface area (Å²) >= 11 is 1.77. The number of rotatable bonds is 7. The first-order chi connectivity index (χ1) is 13.7. The molecule has 150 valence electrons. The Bertz CT molecular complexity index is 767. The maximum atomic E-state index is 12.5. The summed E-state index contributed by atoms with van der Waals surface area (Å²) in [6, 6.07) is 12.3. The van der Waals surface area contributed by atoms with Crippen molar-refractivity contribution in [3.05, 3.63) is 52.2 Å². The zero-order valence-electron chi connectivity index (χ0n) is 16.5. The number of anilines is 1. The smallest absolute Gasteiger partial charge is 0.227 e. The number of hydrogen-bond donors (Lipinski definition) is 3. The molecule has 1 aromatic carbocycles. The highest BCUT2D eigenvalue weighted by Gasteiger charge is 2.20. The maximum absolute atomic E-state index is 12.5. The van der Waals surface area contributed by atoms with Gasteiger partial charge in [-0.25, -0.2) is 0 Å². The van der Waals surface area contributed by atoms with E-state index in [1.165, 1.54) is 24.1 Å². The molecule has 0 aliphatic heterocycles. The first kappa shape index (κ1) is 20.4. The summed E-state index contributed by atoms with van der Waals surface area (Å²) < 4.78 is 0. The van der Waals surface area contributed by atoms with Gasteiger partial charge in [-0.3, -0.25) is 9.79 Å². The lowest BCUT2D eigenvalue weighted by molar-refractivity contribution is -0.120. The van der Waals surface area contributed by atoms with E-state index in [1.54, 1.807) is 18.4 Å². The number of amides is 1. The fourth-order valence-corrected chi connectivity index (χ4v) is 4.24. The van der Waals surface area contributed by atoms with Gasteiger partial charge in [-0.1, -0.05) is 37.5 Å². The monoisotopic (exact) mass is 398 g/mol. The molecule has 5 nitrogen and oxygen atoms in total. The van der Waals surface area contributed by atoms with Crippen LogP contribution < -0.4 is 16.0 Å². The number of carbonyl (C=O) groups is 1. The number of thiophene rings is 1. The molecule has 0 saturated heterocycles. The van der Waals surface area contributed by atoms with E-state index in [-0.39, 0.29) is 11.8 Å². The molecule has 1 amide bonds. The predicted molar refractivity (Wildman–Crippen MR) is 118 cm³/mol. The van der Waals surface area contributed by atoms with E-state index in [9.17, 15) is 4.79 Å². The number of nitrogens with zero attached hydrogens (tertiary/aromatic N) is 1. The van der Waals surface area contributed by atoms with Crippen LogP contribution in [0, 0.1) is 5.92 Å². The molecule has 2 aromatic rings. The SMILES string of the molecule is CN=C(NCCc1cccs1)NCc1cccc(NC(=O)C2CCCCC2)c1. The minimum atomic E-state index is 0.163. The van der Waals surface area contributed by atoms with Gasteiger partial charge < -0.3 is 16.0 Å². The van der Waals surface area contributed by atoms with Crippen LogP contribution in [0.15, 0.2) is 46.8 Å². The molecule has 6 heteroatoms. The van der Waals surface area contributed by atoms with Crippen LogP contribution in [0.3, 0.4) is 0 Å². The Morgan fingerprint density at radius 3 is 2.75 bits per heavy atom. The second kappa shape index (κ2) is 10.9. The number of benzene rings is 1. The number of carbonyl (C=O) groups excluding carboxylic acids is 1. The number of guanidine groups is 1. The minimum Gasteiger partial charge on any atom is -0.356 e. The second-order valence-electron chi connectivity index (χ2n) is 7.21. The molecule has 28 heavy (non-hydrogen) atoms. The molecule has 0 spiro atoms. The van der Waals surface area contributed by atoms with Crippen LogP contribution in [0.2, 0.25) is 0 Å². The molecule has 1 fully saturated rings. The Morgan fingerprint density at radius 1 is 1.14 bits per heavy atom. The molecule has 1 aliphatic rings. The van der Waals surface area contributed by atoms with Gasteiger partial charge in [-0.2, -0.15) is 0 Å². The van der Waals surface area contributed by atoms with Crippen LogP contribution in [0.4, 0.5) is 5.69 Å². The molecule has 1 saturated carbocycles. The van der Waals surface area contributed by atoms with Crippen LogP contribution in [0.5, 0.6) is 0 Å². The van der Waals surface area contributed by atoms with Crippen molar-refractivity contribution in [3.8, 4) is 0 Å². The fourth-order valence-electron chi connectivity index (χ4n) is 3.53. The summed E-state index contributed by atoms with van der Waals surface area (Å²) in [5.74, 6) is 1.12. The second-order valence-corrected chi connectivity index (χ2v) is 8.24. The molecular formula is C22H30N4OS. The summed E-state index contributed by atoms with van der Waals surface area (Å²) in [6.07, 6.45) is 6.61. The summed E-state index contributed by atoms with van der Waals surface area (Å²) in [5.41, 5.74) is 1.98. The van der Waals surface area contributed by atoms with Crippen LogP contribution in [-0.4, -0.2) is 25.5 Å². The Kier molecular flexibility index (Phi) is 7.91. The molecule has 0 radical (unpaired) electrons. The van der Waals surface area contributed by atoms with E-state index in [0.717, 1.165) is 43.0 Å². The van der Waals surface area contributed by atoms with E-state index in [1.807, 2.05) is 18.2 Å². The third kappa shape index (κ3) is 6.37. The highest BCUT2D eigenvalue weighted by Crippen LogP contribution is 2.25. The lowest BCUT2D eigenvalue weighted by Crippen LogP contribution is -2.37. The van der Waals surface area contributed by atoms with Crippen molar-refractivity contribution in [2.24, 2.45) is 10.9 Å². The van der Waals surface area contributed by atoms with Gasteiger partial charge in [0.25, 0.3) is 0 Å². The number of nitrogens with one attached hydrogen (secondary N) is 3. The zero-order valence-corrected chi connectivity index (χ0v) is 17.4.